The Kier molecular flexibility index (Phi) is 7.68. The number of ether oxygens (including phenoxy) is 3. The lowest BCUT2D eigenvalue weighted by molar-refractivity contribution is 0.102. The molecule has 0 radical (unpaired) electrons. The highest BCUT2D eigenvalue weighted by atomic mass is 32.2. The number of benzene rings is 3. The lowest BCUT2D eigenvalue weighted by atomic mass is 10.1. The molecule has 3 rings (SSSR count). The van der Waals surface area contributed by atoms with Crippen molar-refractivity contribution in [3.63, 3.8) is 0 Å². The summed E-state index contributed by atoms with van der Waals surface area (Å²) in [5.74, 6) is 0.538. The van der Waals surface area contributed by atoms with Crippen LogP contribution in [0, 0.1) is 6.92 Å². The Morgan fingerprint density at radius 1 is 0.882 bits per heavy atom. The van der Waals surface area contributed by atoms with Gasteiger partial charge in [0.15, 0.2) is 11.5 Å². The van der Waals surface area contributed by atoms with Gasteiger partial charge in [0.1, 0.15) is 5.75 Å². The molecule has 9 heteroatoms. The van der Waals surface area contributed by atoms with Crippen LogP contribution in [0.3, 0.4) is 0 Å². The van der Waals surface area contributed by atoms with E-state index in [-0.39, 0.29) is 17.8 Å². The third-order valence-corrected chi connectivity index (χ3v) is 6.31. The number of anilines is 2. The average Bonchev–Trinajstić information content (AvgIpc) is 2.81. The van der Waals surface area contributed by atoms with E-state index in [1.165, 1.54) is 37.8 Å². The summed E-state index contributed by atoms with van der Waals surface area (Å²) in [5.41, 5.74) is 2.40. The van der Waals surface area contributed by atoms with Gasteiger partial charge in [-0.05, 0) is 36.2 Å². The average molecular weight is 485 g/mol. The predicted molar refractivity (Wildman–Crippen MR) is 133 cm³/mol. The van der Waals surface area contributed by atoms with Crippen molar-refractivity contribution in [2.75, 3.05) is 37.2 Å². The number of hydrogen-bond donors (Lipinski definition) is 1. The van der Waals surface area contributed by atoms with Gasteiger partial charge in [0, 0.05) is 6.07 Å². The molecule has 0 atom stereocenters. The maximum atomic E-state index is 13.5. The number of amides is 1. The summed E-state index contributed by atoms with van der Waals surface area (Å²) in [6.07, 6.45) is 1.10. The number of nitrogens with one attached hydrogen (secondary N) is 1. The highest BCUT2D eigenvalue weighted by Gasteiger charge is 2.27. The maximum absolute atomic E-state index is 13.5. The van der Waals surface area contributed by atoms with Crippen LogP contribution in [0.1, 0.15) is 21.5 Å². The lowest BCUT2D eigenvalue weighted by Crippen LogP contribution is -2.31. The molecule has 1 amide bonds. The largest absolute Gasteiger partial charge is 0.495 e. The summed E-state index contributed by atoms with van der Waals surface area (Å²) >= 11 is 0. The van der Waals surface area contributed by atoms with Crippen LogP contribution in [0.15, 0.2) is 60.7 Å². The summed E-state index contributed by atoms with van der Waals surface area (Å²) in [6.45, 7) is 1.92. The highest BCUT2D eigenvalue weighted by Crippen LogP contribution is 2.37. The van der Waals surface area contributed by atoms with Crippen molar-refractivity contribution in [1.29, 1.82) is 0 Å². The smallest absolute Gasteiger partial charge is 0.258 e. The zero-order chi connectivity index (χ0) is 24.9. The molecular weight excluding hydrogens is 456 g/mol. The summed E-state index contributed by atoms with van der Waals surface area (Å²) in [5, 5.41) is 2.84. The van der Waals surface area contributed by atoms with Crippen LogP contribution >= 0.6 is 0 Å². The molecular formula is C25H28N2O6S. The Morgan fingerprint density at radius 3 is 2.09 bits per heavy atom. The maximum Gasteiger partial charge on any atom is 0.258 e. The Morgan fingerprint density at radius 2 is 1.50 bits per heavy atom. The minimum Gasteiger partial charge on any atom is -0.495 e. The molecule has 0 aliphatic heterocycles. The standard InChI is InChI=1S/C25H28N2O6S/c1-17-11-12-22(31-2)20(13-17)26-25(28)19-14-23(32-3)24(33-4)15-21(19)27(34(5,29)30)16-18-9-7-6-8-10-18/h6-15H,16H2,1-5H3,(H,26,28). The van der Waals surface area contributed by atoms with Crippen molar-refractivity contribution in [3.05, 3.63) is 77.4 Å². The first-order chi connectivity index (χ1) is 16.2. The molecule has 34 heavy (non-hydrogen) atoms. The molecule has 1 N–H and O–H groups in total. The second-order valence-electron chi connectivity index (χ2n) is 7.64. The van der Waals surface area contributed by atoms with E-state index in [9.17, 15) is 13.2 Å². The van der Waals surface area contributed by atoms with E-state index in [4.69, 9.17) is 14.2 Å². The van der Waals surface area contributed by atoms with E-state index in [0.29, 0.717) is 22.9 Å². The Balaban J connectivity index is 2.16. The molecule has 0 fully saturated rings. The number of carbonyl (C=O) groups is 1. The van der Waals surface area contributed by atoms with Crippen LogP contribution in [0.25, 0.3) is 0 Å². The van der Waals surface area contributed by atoms with E-state index >= 15 is 0 Å². The molecule has 0 heterocycles. The fourth-order valence-corrected chi connectivity index (χ4v) is 4.39. The fraction of sp³-hybridized carbons (Fsp3) is 0.240. The Hall–Kier alpha value is -3.72. The summed E-state index contributed by atoms with van der Waals surface area (Å²) in [6, 6.07) is 17.5. The summed E-state index contributed by atoms with van der Waals surface area (Å²) in [7, 11) is 0.621. The quantitative estimate of drug-likeness (QED) is 0.488. The number of aryl methyl sites for hydroxylation is 1. The predicted octanol–water partition coefficient (Wildman–Crippen LogP) is 4.24. The number of rotatable bonds is 9. The first-order valence-electron chi connectivity index (χ1n) is 10.4. The second kappa shape index (κ2) is 10.5. The van der Waals surface area contributed by atoms with E-state index in [0.717, 1.165) is 17.4 Å². The molecule has 0 aliphatic carbocycles. The van der Waals surface area contributed by atoms with Crippen LogP contribution in [-0.2, 0) is 16.6 Å². The van der Waals surface area contributed by atoms with Crippen LogP contribution in [0.4, 0.5) is 11.4 Å². The van der Waals surface area contributed by atoms with Crippen molar-refractivity contribution in [2.45, 2.75) is 13.5 Å². The molecule has 0 bridgehead atoms. The van der Waals surface area contributed by atoms with Gasteiger partial charge in [-0.3, -0.25) is 9.10 Å². The van der Waals surface area contributed by atoms with Crippen molar-refractivity contribution in [3.8, 4) is 17.2 Å². The molecule has 3 aromatic rings. The van der Waals surface area contributed by atoms with Crippen molar-refractivity contribution >= 4 is 27.3 Å². The number of hydrogen-bond acceptors (Lipinski definition) is 6. The van der Waals surface area contributed by atoms with Crippen molar-refractivity contribution < 1.29 is 27.4 Å². The van der Waals surface area contributed by atoms with Gasteiger partial charge in [0.2, 0.25) is 10.0 Å². The number of methoxy groups -OCH3 is 3. The minimum absolute atomic E-state index is 0.0310. The second-order valence-corrected chi connectivity index (χ2v) is 9.54. The molecule has 0 saturated carbocycles. The third-order valence-electron chi connectivity index (χ3n) is 5.19. The zero-order valence-electron chi connectivity index (χ0n) is 19.8. The molecule has 8 nitrogen and oxygen atoms in total. The van der Waals surface area contributed by atoms with Gasteiger partial charge in [-0.2, -0.15) is 0 Å². The van der Waals surface area contributed by atoms with Crippen LogP contribution in [0.2, 0.25) is 0 Å². The van der Waals surface area contributed by atoms with Gasteiger partial charge in [-0.1, -0.05) is 36.4 Å². The van der Waals surface area contributed by atoms with Gasteiger partial charge >= 0.3 is 0 Å². The van der Waals surface area contributed by atoms with Crippen molar-refractivity contribution in [2.24, 2.45) is 0 Å². The van der Waals surface area contributed by atoms with Crippen molar-refractivity contribution in [1.82, 2.24) is 0 Å². The number of nitrogens with zero attached hydrogens (tertiary/aromatic N) is 1. The molecule has 0 aromatic heterocycles. The lowest BCUT2D eigenvalue weighted by Gasteiger charge is -2.26. The first kappa shape index (κ1) is 24.9. The van der Waals surface area contributed by atoms with Gasteiger partial charge in [-0.25, -0.2) is 8.42 Å². The van der Waals surface area contributed by atoms with Crippen LogP contribution in [-0.4, -0.2) is 41.9 Å². The monoisotopic (exact) mass is 484 g/mol. The van der Waals surface area contributed by atoms with Gasteiger partial charge in [0.05, 0.1) is 51.1 Å². The Bertz CT molecular complexity index is 1280. The van der Waals surface area contributed by atoms with E-state index in [1.807, 2.05) is 43.3 Å². The third kappa shape index (κ3) is 5.60. The van der Waals surface area contributed by atoms with Gasteiger partial charge in [0.25, 0.3) is 5.91 Å². The molecule has 0 unspecified atom stereocenters. The molecule has 0 saturated heterocycles. The normalized spacial score (nSPS) is 11.0. The number of sulfonamides is 1. The van der Waals surface area contributed by atoms with Crippen LogP contribution < -0.4 is 23.8 Å². The molecule has 0 aliphatic rings. The topological polar surface area (TPSA) is 94.2 Å². The minimum atomic E-state index is -3.78. The number of carbonyl (C=O) groups excluding carboxylic acids is 1. The first-order valence-corrected chi connectivity index (χ1v) is 12.3. The van der Waals surface area contributed by atoms with E-state index in [1.54, 1.807) is 12.1 Å². The fourth-order valence-electron chi connectivity index (χ4n) is 3.50. The van der Waals surface area contributed by atoms with Gasteiger partial charge in [-0.15, -0.1) is 0 Å². The molecule has 3 aromatic carbocycles. The molecule has 0 spiro atoms. The van der Waals surface area contributed by atoms with E-state index < -0.39 is 15.9 Å². The highest BCUT2D eigenvalue weighted by molar-refractivity contribution is 7.92. The van der Waals surface area contributed by atoms with Gasteiger partial charge < -0.3 is 19.5 Å². The molecule has 180 valence electrons. The van der Waals surface area contributed by atoms with Crippen LogP contribution in [0.5, 0.6) is 17.2 Å². The summed E-state index contributed by atoms with van der Waals surface area (Å²) in [4.78, 5) is 13.5. The Labute approximate surface area is 200 Å². The summed E-state index contributed by atoms with van der Waals surface area (Å²) < 4.78 is 43.1. The SMILES string of the molecule is COc1ccc(C)cc1NC(=O)c1cc(OC)c(OC)cc1N(Cc1ccccc1)S(C)(=O)=O. The zero-order valence-corrected chi connectivity index (χ0v) is 20.6. The van der Waals surface area contributed by atoms with E-state index in [2.05, 4.69) is 5.32 Å².